The highest BCUT2D eigenvalue weighted by Gasteiger charge is 2.17. The molecule has 0 heterocycles. The van der Waals surface area contributed by atoms with Crippen LogP contribution in [-0.2, 0) is 14.8 Å². The van der Waals surface area contributed by atoms with Gasteiger partial charge in [-0.05, 0) is 41.8 Å². The maximum Gasteiger partial charge on any atom is 0.238 e. The number of rotatable bonds is 7. The van der Waals surface area contributed by atoms with Gasteiger partial charge in [0.2, 0.25) is 15.9 Å². The number of nitrogens with two attached hydrogens (primary N) is 1. The van der Waals surface area contributed by atoms with Crippen LogP contribution >= 0.6 is 0 Å². The van der Waals surface area contributed by atoms with Crippen molar-refractivity contribution in [3.63, 3.8) is 0 Å². The summed E-state index contributed by atoms with van der Waals surface area (Å²) < 4.78 is 35.8. The number of sulfonamides is 1. The average Bonchev–Trinajstić information content (AvgIpc) is 2.56. The fourth-order valence-electron chi connectivity index (χ4n) is 2.57. The lowest BCUT2D eigenvalue weighted by Crippen LogP contribution is -2.33. The van der Waals surface area contributed by atoms with Crippen LogP contribution in [0.2, 0.25) is 0 Å². The van der Waals surface area contributed by atoms with Crippen molar-refractivity contribution in [3.05, 3.63) is 59.9 Å². The predicted octanol–water partition coefficient (Wildman–Crippen LogP) is 2.40. The van der Waals surface area contributed by atoms with Gasteiger partial charge in [-0.1, -0.05) is 32.0 Å². The largest absolute Gasteiger partial charge is 0.325 e. The smallest absolute Gasteiger partial charge is 0.238 e. The van der Waals surface area contributed by atoms with Crippen LogP contribution in [0.15, 0.2) is 53.4 Å². The first kappa shape index (κ1) is 20.0. The normalized spacial score (nSPS) is 12.8. The first-order valence-corrected chi connectivity index (χ1v) is 9.63. The fourth-order valence-corrected chi connectivity index (χ4v) is 3.13. The van der Waals surface area contributed by atoms with Crippen LogP contribution in [-0.4, -0.2) is 20.9 Å². The molecular formula is C18H22FN3O3S. The summed E-state index contributed by atoms with van der Waals surface area (Å²) in [6.45, 7) is 4.00. The highest BCUT2D eigenvalue weighted by molar-refractivity contribution is 7.89. The summed E-state index contributed by atoms with van der Waals surface area (Å²) in [5.41, 5.74) is 1.22. The Morgan fingerprint density at radius 2 is 1.81 bits per heavy atom. The third-order valence-corrected chi connectivity index (χ3v) is 4.74. The Morgan fingerprint density at radius 1 is 1.15 bits per heavy atom. The molecule has 0 saturated carbocycles. The minimum Gasteiger partial charge on any atom is -0.325 e. The van der Waals surface area contributed by atoms with Gasteiger partial charge in [0, 0.05) is 11.7 Å². The van der Waals surface area contributed by atoms with E-state index < -0.39 is 10.0 Å². The Hall–Kier alpha value is -2.29. The van der Waals surface area contributed by atoms with E-state index in [4.69, 9.17) is 5.14 Å². The summed E-state index contributed by atoms with van der Waals surface area (Å²) in [6, 6.07) is 11.7. The number of anilines is 1. The Balaban J connectivity index is 2.02. The lowest BCUT2D eigenvalue weighted by Gasteiger charge is -2.23. The van der Waals surface area contributed by atoms with Crippen molar-refractivity contribution < 1.29 is 17.6 Å². The number of primary sulfonamides is 1. The third-order valence-electron chi connectivity index (χ3n) is 3.82. The highest BCUT2D eigenvalue weighted by Crippen LogP contribution is 2.21. The Morgan fingerprint density at radius 3 is 2.38 bits per heavy atom. The van der Waals surface area contributed by atoms with Gasteiger partial charge >= 0.3 is 0 Å². The predicted molar refractivity (Wildman–Crippen MR) is 98.4 cm³/mol. The summed E-state index contributed by atoms with van der Waals surface area (Å²) in [6.07, 6.45) is 0. The molecule has 1 amide bonds. The Bertz CT molecular complexity index is 868. The van der Waals surface area contributed by atoms with Gasteiger partial charge in [-0.15, -0.1) is 0 Å². The zero-order valence-corrected chi connectivity index (χ0v) is 15.4. The van der Waals surface area contributed by atoms with Crippen molar-refractivity contribution in [3.8, 4) is 0 Å². The van der Waals surface area contributed by atoms with E-state index in [0.717, 1.165) is 5.56 Å². The molecule has 2 rings (SSSR count). The van der Waals surface area contributed by atoms with E-state index in [-0.39, 0.29) is 35.1 Å². The van der Waals surface area contributed by atoms with E-state index in [9.17, 15) is 17.6 Å². The molecule has 0 spiro atoms. The minimum absolute atomic E-state index is 0.0137. The summed E-state index contributed by atoms with van der Waals surface area (Å²) in [7, 11) is -3.84. The Kier molecular flexibility index (Phi) is 6.47. The topological polar surface area (TPSA) is 101 Å². The fraction of sp³-hybridized carbons (Fsp3) is 0.278. The van der Waals surface area contributed by atoms with Gasteiger partial charge in [0.05, 0.1) is 11.4 Å². The lowest BCUT2D eigenvalue weighted by molar-refractivity contribution is -0.115. The number of carbonyl (C=O) groups is 1. The van der Waals surface area contributed by atoms with Crippen molar-refractivity contribution in [1.82, 2.24) is 5.32 Å². The van der Waals surface area contributed by atoms with Gasteiger partial charge in [0.15, 0.2) is 0 Å². The van der Waals surface area contributed by atoms with Crippen LogP contribution in [0.5, 0.6) is 0 Å². The number of nitrogens with one attached hydrogen (secondary N) is 2. The number of halogens is 1. The number of benzene rings is 2. The van der Waals surface area contributed by atoms with Gasteiger partial charge in [-0.3, -0.25) is 4.79 Å². The number of amides is 1. The molecule has 0 aromatic heterocycles. The quantitative estimate of drug-likeness (QED) is 0.687. The number of hydrogen-bond acceptors (Lipinski definition) is 4. The summed E-state index contributed by atoms with van der Waals surface area (Å²) in [5, 5.41) is 10.9. The second-order valence-electron chi connectivity index (χ2n) is 6.28. The first-order chi connectivity index (χ1) is 12.2. The zero-order chi connectivity index (χ0) is 19.3. The van der Waals surface area contributed by atoms with Gasteiger partial charge in [0.1, 0.15) is 5.82 Å². The number of carbonyl (C=O) groups excluding carboxylic acids is 1. The average molecular weight is 379 g/mol. The zero-order valence-electron chi connectivity index (χ0n) is 14.6. The molecule has 26 heavy (non-hydrogen) atoms. The highest BCUT2D eigenvalue weighted by atomic mass is 32.2. The van der Waals surface area contributed by atoms with E-state index in [1.54, 1.807) is 18.2 Å². The second-order valence-corrected chi connectivity index (χ2v) is 7.84. The second kappa shape index (κ2) is 8.39. The molecular weight excluding hydrogens is 357 g/mol. The molecule has 0 fully saturated rings. The van der Waals surface area contributed by atoms with E-state index in [1.807, 2.05) is 13.8 Å². The first-order valence-electron chi connectivity index (χ1n) is 8.08. The summed E-state index contributed by atoms with van der Waals surface area (Å²) >= 11 is 0. The molecule has 0 aliphatic heterocycles. The van der Waals surface area contributed by atoms with Gasteiger partial charge in [0.25, 0.3) is 0 Å². The lowest BCUT2D eigenvalue weighted by atomic mass is 9.96. The molecule has 1 unspecified atom stereocenters. The standard InChI is InChI=1S/C18H22FN3O3S/c1-12(2)18(13-6-8-14(19)9-7-13)21-11-17(23)22-15-4-3-5-16(10-15)26(20,24)25/h3-10,12,18,21H,11H2,1-2H3,(H,22,23)(H2,20,24,25). The molecule has 0 aliphatic carbocycles. The van der Waals surface area contributed by atoms with Gasteiger partial charge in [-0.2, -0.15) is 0 Å². The maximum atomic E-state index is 13.1. The van der Waals surface area contributed by atoms with Crippen molar-refractivity contribution in [2.24, 2.45) is 11.1 Å². The molecule has 140 valence electrons. The minimum atomic E-state index is -3.84. The molecule has 8 heteroatoms. The number of hydrogen-bond donors (Lipinski definition) is 3. The van der Waals surface area contributed by atoms with E-state index in [1.165, 1.54) is 30.3 Å². The molecule has 2 aromatic rings. The van der Waals surface area contributed by atoms with Crippen molar-refractivity contribution in [1.29, 1.82) is 0 Å². The van der Waals surface area contributed by atoms with Crippen LogP contribution in [0.25, 0.3) is 0 Å². The summed E-state index contributed by atoms with van der Waals surface area (Å²) in [5.74, 6) is -0.466. The molecule has 0 aliphatic rings. The molecule has 0 radical (unpaired) electrons. The van der Waals surface area contributed by atoms with Crippen LogP contribution in [0, 0.1) is 11.7 Å². The van der Waals surface area contributed by atoms with Crippen molar-refractivity contribution in [2.45, 2.75) is 24.8 Å². The monoisotopic (exact) mass is 379 g/mol. The van der Waals surface area contributed by atoms with Crippen LogP contribution in [0.3, 0.4) is 0 Å². The van der Waals surface area contributed by atoms with Gasteiger partial charge in [-0.25, -0.2) is 17.9 Å². The van der Waals surface area contributed by atoms with Crippen LogP contribution in [0.1, 0.15) is 25.5 Å². The molecule has 1 atom stereocenters. The van der Waals surface area contributed by atoms with Crippen molar-refractivity contribution in [2.75, 3.05) is 11.9 Å². The molecule has 0 saturated heterocycles. The SMILES string of the molecule is CC(C)C(NCC(=O)Nc1cccc(S(N)(=O)=O)c1)c1ccc(F)cc1. The molecule has 6 nitrogen and oxygen atoms in total. The molecule has 2 aromatic carbocycles. The Labute approximate surface area is 152 Å². The van der Waals surface area contributed by atoms with E-state index in [2.05, 4.69) is 10.6 Å². The van der Waals surface area contributed by atoms with E-state index >= 15 is 0 Å². The third kappa shape index (κ3) is 5.62. The maximum absolute atomic E-state index is 13.1. The summed E-state index contributed by atoms with van der Waals surface area (Å²) in [4.78, 5) is 12.1. The van der Waals surface area contributed by atoms with E-state index in [0.29, 0.717) is 5.69 Å². The molecule has 0 bridgehead atoms. The van der Waals surface area contributed by atoms with Gasteiger partial charge < -0.3 is 10.6 Å². The van der Waals surface area contributed by atoms with Crippen molar-refractivity contribution >= 4 is 21.6 Å². The van der Waals surface area contributed by atoms with Crippen LogP contribution < -0.4 is 15.8 Å². The molecule has 4 N–H and O–H groups in total. The van der Waals surface area contributed by atoms with Crippen LogP contribution in [0.4, 0.5) is 10.1 Å².